The van der Waals surface area contributed by atoms with Crippen LogP contribution in [0, 0.1) is 0 Å². The summed E-state index contributed by atoms with van der Waals surface area (Å²) in [5.41, 5.74) is 3.03. The van der Waals surface area contributed by atoms with E-state index in [4.69, 9.17) is 9.73 Å². The lowest BCUT2D eigenvalue weighted by atomic mass is 9.92. The number of allylic oxidation sites excluding steroid dienone is 1. The molecular weight excluding hydrogens is 472 g/mol. The Bertz CT molecular complexity index is 1220. The number of carbonyl (C=O) groups excluding carboxylic acids is 2. The second-order valence-electron chi connectivity index (χ2n) is 8.49. The van der Waals surface area contributed by atoms with Gasteiger partial charge in [0.2, 0.25) is 5.91 Å². The van der Waals surface area contributed by atoms with Gasteiger partial charge in [-0.3, -0.25) is 9.59 Å². The van der Waals surface area contributed by atoms with Crippen molar-refractivity contribution in [2.75, 3.05) is 19.6 Å². The molecule has 2 aliphatic heterocycles. The number of nitrogens with one attached hydrogen (secondary N) is 1. The van der Waals surface area contributed by atoms with Crippen molar-refractivity contribution in [1.82, 2.24) is 15.1 Å². The van der Waals surface area contributed by atoms with Gasteiger partial charge in [0.25, 0.3) is 5.91 Å². The Hall–Kier alpha value is -3.52. The number of fused-ring (bicyclic) bond motifs is 1. The lowest BCUT2D eigenvalue weighted by Gasteiger charge is -2.38. The maximum absolute atomic E-state index is 13.8. The van der Waals surface area contributed by atoms with Gasteiger partial charge in [0, 0.05) is 25.3 Å². The zero-order valence-electron chi connectivity index (χ0n) is 21.2. The molecule has 2 aromatic rings. The third-order valence-electron chi connectivity index (χ3n) is 6.15. The van der Waals surface area contributed by atoms with E-state index in [1.165, 1.54) is 11.8 Å². The van der Waals surface area contributed by atoms with Crippen molar-refractivity contribution < 1.29 is 14.3 Å². The molecule has 2 amide bonds. The Morgan fingerprint density at radius 1 is 1.06 bits per heavy atom. The fourth-order valence-corrected chi connectivity index (χ4v) is 5.40. The molecule has 0 saturated heterocycles. The lowest BCUT2D eigenvalue weighted by Crippen LogP contribution is -2.42. The first-order valence-corrected chi connectivity index (χ1v) is 13.2. The standard InChI is InChI=1S/C28H32N4O3S/c1-5-29-24(33)17-21-18-36-28-30-19(4)25(27(34)31(6-2)7-3)26(32(21)28)20-12-11-15-23(16-20)35-22-13-9-8-10-14-22/h8-16,18,26H,5-7,17H2,1-4H3,(H,29,33). The summed E-state index contributed by atoms with van der Waals surface area (Å²) in [5, 5.41) is 5.60. The maximum atomic E-state index is 13.8. The van der Waals surface area contributed by atoms with Gasteiger partial charge < -0.3 is 19.9 Å². The van der Waals surface area contributed by atoms with E-state index in [1.54, 1.807) is 0 Å². The Balaban J connectivity index is 1.78. The third kappa shape index (κ3) is 5.33. The van der Waals surface area contributed by atoms with Crippen molar-refractivity contribution in [2.45, 2.75) is 40.2 Å². The Labute approximate surface area is 216 Å². The number of nitrogens with zero attached hydrogens (tertiary/aromatic N) is 3. The monoisotopic (exact) mass is 504 g/mol. The Morgan fingerprint density at radius 2 is 1.78 bits per heavy atom. The number of aliphatic imine (C=N–C) groups is 1. The van der Waals surface area contributed by atoms with Gasteiger partial charge in [-0.15, -0.1) is 0 Å². The minimum Gasteiger partial charge on any atom is -0.457 e. The van der Waals surface area contributed by atoms with Crippen LogP contribution in [0.4, 0.5) is 0 Å². The number of ether oxygens (including phenoxy) is 1. The highest BCUT2D eigenvalue weighted by Crippen LogP contribution is 2.45. The van der Waals surface area contributed by atoms with Crippen molar-refractivity contribution in [2.24, 2.45) is 4.99 Å². The highest BCUT2D eigenvalue weighted by Gasteiger charge is 2.41. The van der Waals surface area contributed by atoms with Gasteiger partial charge in [0.05, 0.1) is 23.7 Å². The van der Waals surface area contributed by atoms with E-state index in [-0.39, 0.29) is 18.2 Å². The van der Waals surface area contributed by atoms with E-state index in [2.05, 4.69) is 5.32 Å². The van der Waals surface area contributed by atoms with E-state index in [0.717, 1.165) is 22.2 Å². The van der Waals surface area contributed by atoms with E-state index in [9.17, 15) is 9.59 Å². The van der Waals surface area contributed by atoms with Crippen molar-refractivity contribution in [3.63, 3.8) is 0 Å². The number of hydrogen-bond acceptors (Lipinski definition) is 6. The number of likely N-dealkylation sites (N-methyl/N-ethyl adjacent to an activating group) is 1. The van der Waals surface area contributed by atoms with Crippen molar-refractivity contribution >= 4 is 28.7 Å². The van der Waals surface area contributed by atoms with E-state index >= 15 is 0 Å². The molecule has 0 fully saturated rings. The highest BCUT2D eigenvalue weighted by atomic mass is 32.2. The normalized spacial score (nSPS) is 16.8. The summed E-state index contributed by atoms with van der Waals surface area (Å²) in [7, 11) is 0. The SMILES string of the molecule is CCNC(=O)CC1=CSC2=NC(C)=C(C(=O)N(CC)CC)C(c3cccc(Oc4ccccc4)c3)N12. The number of benzene rings is 2. The number of hydrogen-bond donors (Lipinski definition) is 1. The molecule has 1 N–H and O–H groups in total. The quantitative estimate of drug-likeness (QED) is 0.492. The van der Waals surface area contributed by atoms with Crippen LogP contribution in [0.5, 0.6) is 11.5 Å². The summed E-state index contributed by atoms with van der Waals surface area (Å²) < 4.78 is 6.11. The summed E-state index contributed by atoms with van der Waals surface area (Å²) in [5.74, 6) is 1.30. The summed E-state index contributed by atoms with van der Waals surface area (Å²) in [6.07, 6.45) is 0.211. The number of amidine groups is 1. The predicted octanol–water partition coefficient (Wildman–Crippen LogP) is 5.45. The number of amides is 2. The molecule has 8 heteroatoms. The molecule has 2 aliphatic rings. The lowest BCUT2D eigenvalue weighted by molar-refractivity contribution is -0.127. The number of para-hydroxylation sites is 1. The van der Waals surface area contributed by atoms with Gasteiger partial charge in [-0.25, -0.2) is 4.99 Å². The topological polar surface area (TPSA) is 74.2 Å². The second kappa shape index (κ2) is 11.5. The second-order valence-corrected chi connectivity index (χ2v) is 9.32. The molecule has 0 radical (unpaired) electrons. The Morgan fingerprint density at radius 3 is 2.47 bits per heavy atom. The minimum atomic E-state index is -0.430. The first-order chi connectivity index (χ1) is 17.5. The van der Waals surface area contributed by atoms with Gasteiger partial charge >= 0.3 is 0 Å². The fourth-order valence-electron chi connectivity index (χ4n) is 4.44. The first kappa shape index (κ1) is 25.6. The molecule has 7 nitrogen and oxygen atoms in total. The molecule has 0 aliphatic carbocycles. The molecule has 2 aromatic carbocycles. The molecule has 1 atom stereocenters. The van der Waals surface area contributed by atoms with Crippen molar-refractivity contribution in [3.05, 3.63) is 82.5 Å². The zero-order chi connectivity index (χ0) is 25.7. The smallest absolute Gasteiger partial charge is 0.254 e. The highest BCUT2D eigenvalue weighted by molar-refractivity contribution is 8.16. The summed E-state index contributed by atoms with van der Waals surface area (Å²) in [4.78, 5) is 34.9. The van der Waals surface area contributed by atoms with Gasteiger partial charge in [-0.05, 0) is 62.9 Å². The molecule has 0 aromatic heterocycles. The molecule has 0 bridgehead atoms. The van der Waals surface area contributed by atoms with Gasteiger partial charge in [0.15, 0.2) is 5.17 Å². The fraction of sp³-hybridized carbons (Fsp3) is 0.321. The molecule has 36 heavy (non-hydrogen) atoms. The molecule has 1 unspecified atom stereocenters. The largest absolute Gasteiger partial charge is 0.457 e. The van der Waals surface area contributed by atoms with Crippen LogP contribution in [-0.2, 0) is 9.59 Å². The average molecular weight is 505 g/mol. The molecule has 0 saturated carbocycles. The van der Waals surface area contributed by atoms with Crippen LogP contribution in [0.15, 0.2) is 82.0 Å². The van der Waals surface area contributed by atoms with Crippen LogP contribution in [0.1, 0.15) is 45.7 Å². The zero-order valence-corrected chi connectivity index (χ0v) is 22.0. The van der Waals surface area contributed by atoms with Crippen LogP contribution in [-0.4, -0.2) is 46.4 Å². The van der Waals surface area contributed by atoms with Crippen LogP contribution < -0.4 is 10.1 Å². The predicted molar refractivity (Wildman–Crippen MR) is 145 cm³/mol. The molecule has 4 rings (SSSR count). The van der Waals surface area contributed by atoms with Gasteiger partial charge in [-0.2, -0.15) is 0 Å². The minimum absolute atomic E-state index is 0.0473. The summed E-state index contributed by atoms with van der Waals surface area (Å²) >= 11 is 1.48. The Kier molecular flexibility index (Phi) is 8.15. The molecule has 188 valence electrons. The van der Waals surface area contributed by atoms with Crippen LogP contribution >= 0.6 is 11.8 Å². The van der Waals surface area contributed by atoms with Gasteiger partial charge in [-0.1, -0.05) is 42.1 Å². The third-order valence-corrected chi connectivity index (χ3v) is 7.04. The van der Waals surface area contributed by atoms with E-state index in [1.807, 2.05) is 97.5 Å². The van der Waals surface area contributed by atoms with Crippen LogP contribution in [0.2, 0.25) is 0 Å². The molecular formula is C28H32N4O3S. The van der Waals surface area contributed by atoms with Crippen molar-refractivity contribution in [1.29, 1.82) is 0 Å². The van der Waals surface area contributed by atoms with Crippen molar-refractivity contribution in [3.8, 4) is 11.5 Å². The maximum Gasteiger partial charge on any atom is 0.254 e. The summed E-state index contributed by atoms with van der Waals surface area (Å²) in [6, 6.07) is 17.0. The molecule has 0 spiro atoms. The first-order valence-electron chi connectivity index (χ1n) is 12.3. The van der Waals surface area contributed by atoms with Gasteiger partial charge in [0.1, 0.15) is 11.5 Å². The van der Waals surface area contributed by atoms with E-state index in [0.29, 0.717) is 36.7 Å². The molecule has 2 heterocycles. The summed E-state index contributed by atoms with van der Waals surface area (Å²) in [6.45, 7) is 9.51. The number of carbonyl (C=O) groups is 2. The number of rotatable bonds is 9. The van der Waals surface area contributed by atoms with E-state index < -0.39 is 6.04 Å². The van der Waals surface area contributed by atoms with Crippen LogP contribution in [0.25, 0.3) is 0 Å². The van der Waals surface area contributed by atoms with Crippen LogP contribution in [0.3, 0.4) is 0 Å². The number of thioether (sulfide) groups is 1. The average Bonchev–Trinajstić information content (AvgIpc) is 3.26.